The Morgan fingerprint density at radius 2 is 1.31 bits per heavy atom. The van der Waals surface area contributed by atoms with Gasteiger partial charge in [-0.1, -0.05) is 52.3 Å². The van der Waals surface area contributed by atoms with E-state index in [9.17, 15) is 0 Å². The standard InChI is InChI=1S/C14H9BrO/c15-9-12-10-5-1-3-7-13(10)16-14-8-4-2-6-11(12)14/h1-9H. The van der Waals surface area contributed by atoms with Crippen LogP contribution in [0.2, 0.25) is 0 Å². The topological polar surface area (TPSA) is 9.23 Å². The van der Waals surface area contributed by atoms with Gasteiger partial charge >= 0.3 is 0 Å². The van der Waals surface area contributed by atoms with Crippen molar-refractivity contribution in [2.75, 3.05) is 0 Å². The summed E-state index contributed by atoms with van der Waals surface area (Å²) in [5, 5.41) is 0. The zero-order valence-corrected chi connectivity index (χ0v) is 10.1. The number of ether oxygens (including phenoxy) is 1. The molecule has 1 heterocycles. The number of hydrogen-bond acceptors (Lipinski definition) is 1. The van der Waals surface area contributed by atoms with Crippen molar-refractivity contribution in [3.8, 4) is 11.5 Å². The number of fused-ring (bicyclic) bond motifs is 2. The number of para-hydroxylation sites is 2. The van der Waals surface area contributed by atoms with E-state index in [-0.39, 0.29) is 0 Å². The monoisotopic (exact) mass is 272 g/mol. The Morgan fingerprint density at radius 1 is 0.812 bits per heavy atom. The van der Waals surface area contributed by atoms with Gasteiger partial charge in [-0.15, -0.1) is 0 Å². The van der Waals surface area contributed by atoms with E-state index in [0.29, 0.717) is 0 Å². The molecular formula is C14H9BrO. The molecule has 1 aliphatic rings. The Labute approximate surface area is 103 Å². The predicted molar refractivity (Wildman–Crippen MR) is 69.0 cm³/mol. The molecule has 0 spiro atoms. The molecule has 0 radical (unpaired) electrons. The summed E-state index contributed by atoms with van der Waals surface area (Å²) < 4.78 is 5.85. The van der Waals surface area contributed by atoms with Crippen molar-refractivity contribution >= 4 is 21.5 Å². The molecule has 0 bridgehead atoms. The molecule has 2 aromatic carbocycles. The summed E-state index contributed by atoms with van der Waals surface area (Å²) in [5.41, 5.74) is 3.41. The van der Waals surface area contributed by atoms with Crippen LogP contribution in [0.3, 0.4) is 0 Å². The number of benzene rings is 2. The summed E-state index contributed by atoms with van der Waals surface area (Å²) in [6.07, 6.45) is 0. The average Bonchev–Trinajstić information content (AvgIpc) is 2.36. The Hall–Kier alpha value is -1.54. The molecule has 2 aromatic rings. The minimum absolute atomic E-state index is 0.909. The first-order chi connectivity index (χ1) is 7.90. The van der Waals surface area contributed by atoms with Crippen LogP contribution in [-0.2, 0) is 0 Å². The van der Waals surface area contributed by atoms with Gasteiger partial charge in [-0.05, 0) is 17.1 Å². The fourth-order valence-electron chi connectivity index (χ4n) is 1.94. The van der Waals surface area contributed by atoms with Crippen molar-refractivity contribution in [1.29, 1.82) is 0 Å². The van der Waals surface area contributed by atoms with Crippen molar-refractivity contribution < 1.29 is 4.74 Å². The summed E-state index contributed by atoms with van der Waals surface area (Å²) >= 11 is 3.43. The second kappa shape index (κ2) is 3.80. The third kappa shape index (κ3) is 1.38. The summed E-state index contributed by atoms with van der Waals surface area (Å²) in [7, 11) is 0. The van der Waals surface area contributed by atoms with Crippen LogP contribution >= 0.6 is 15.9 Å². The third-order valence-corrected chi connectivity index (χ3v) is 3.14. The van der Waals surface area contributed by atoms with Gasteiger partial charge in [0.25, 0.3) is 0 Å². The second-order valence-electron chi connectivity index (χ2n) is 3.62. The maximum Gasteiger partial charge on any atom is 0.135 e. The zero-order valence-electron chi connectivity index (χ0n) is 8.48. The Kier molecular flexibility index (Phi) is 2.29. The van der Waals surface area contributed by atoms with Gasteiger partial charge in [-0.25, -0.2) is 0 Å². The van der Waals surface area contributed by atoms with Crippen LogP contribution in [0.4, 0.5) is 0 Å². The first-order valence-corrected chi connectivity index (χ1v) is 5.99. The van der Waals surface area contributed by atoms with Gasteiger partial charge in [0.15, 0.2) is 0 Å². The van der Waals surface area contributed by atoms with E-state index in [2.05, 4.69) is 28.1 Å². The smallest absolute Gasteiger partial charge is 0.135 e. The lowest BCUT2D eigenvalue weighted by molar-refractivity contribution is 0.474. The minimum atomic E-state index is 0.909. The lowest BCUT2D eigenvalue weighted by atomic mass is 9.96. The summed E-state index contributed by atoms with van der Waals surface area (Å²) in [4.78, 5) is 1.95. The molecule has 0 amide bonds. The maximum absolute atomic E-state index is 5.85. The predicted octanol–water partition coefficient (Wildman–Crippen LogP) is 4.58. The molecule has 1 aliphatic heterocycles. The Bertz CT molecular complexity index is 525. The van der Waals surface area contributed by atoms with E-state index in [1.54, 1.807) is 0 Å². The largest absolute Gasteiger partial charge is 0.456 e. The van der Waals surface area contributed by atoms with E-state index < -0.39 is 0 Å². The fraction of sp³-hybridized carbons (Fsp3) is 0. The van der Waals surface area contributed by atoms with E-state index in [0.717, 1.165) is 28.2 Å². The molecule has 78 valence electrons. The lowest BCUT2D eigenvalue weighted by Gasteiger charge is -2.22. The van der Waals surface area contributed by atoms with Crippen molar-refractivity contribution in [1.82, 2.24) is 0 Å². The van der Waals surface area contributed by atoms with E-state index >= 15 is 0 Å². The van der Waals surface area contributed by atoms with Crippen LogP contribution in [0.5, 0.6) is 11.5 Å². The summed E-state index contributed by atoms with van der Waals surface area (Å²) in [6, 6.07) is 16.1. The molecular weight excluding hydrogens is 264 g/mol. The molecule has 0 unspecified atom stereocenters. The molecule has 0 N–H and O–H groups in total. The van der Waals surface area contributed by atoms with Gasteiger partial charge in [0.2, 0.25) is 0 Å². The van der Waals surface area contributed by atoms with Crippen LogP contribution in [-0.4, -0.2) is 0 Å². The minimum Gasteiger partial charge on any atom is -0.456 e. The van der Waals surface area contributed by atoms with Gasteiger partial charge < -0.3 is 4.74 Å². The van der Waals surface area contributed by atoms with Gasteiger partial charge in [-0.3, -0.25) is 0 Å². The molecule has 1 nitrogen and oxygen atoms in total. The van der Waals surface area contributed by atoms with Crippen molar-refractivity contribution in [3.63, 3.8) is 0 Å². The highest BCUT2D eigenvalue weighted by molar-refractivity contribution is 9.11. The zero-order chi connectivity index (χ0) is 11.0. The van der Waals surface area contributed by atoms with Crippen LogP contribution in [0, 0.1) is 0 Å². The first kappa shape index (κ1) is 9.67. The lowest BCUT2D eigenvalue weighted by Crippen LogP contribution is -2.01. The molecule has 2 heteroatoms. The third-order valence-electron chi connectivity index (χ3n) is 2.68. The molecule has 0 aliphatic carbocycles. The molecule has 0 saturated heterocycles. The van der Waals surface area contributed by atoms with E-state index in [4.69, 9.17) is 4.74 Å². The van der Waals surface area contributed by atoms with Crippen LogP contribution < -0.4 is 4.74 Å². The van der Waals surface area contributed by atoms with Crippen LogP contribution in [0.25, 0.3) is 5.57 Å². The highest BCUT2D eigenvalue weighted by atomic mass is 79.9. The summed E-state index contributed by atoms with van der Waals surface area (Å²) in [6.45, 7) is 0. The van der Waals surface area contributed by atoms with Gasteiger partial charge in [-0.2, -0.15) is 0 Å². The molecule has 3 rings (SSSR count). The highest BCUT2D eigenvalue weighted by Crippen LogP contribution is 2.43. The highest BCUT2D eigenvalue weighted by Gasteiger charge is 2.20. The van der Waals surface area contributed by atoms with Crippen LogP contribution in [0.1, 0.15) is 11.1 Å². The molecule has 16 heavy (non-hydrogen) atoms. The molecule has 0 atom stereocenters. The van der Waals surface area contributed by atoms with E-state index in [1.165, 1.54) is 0 Å². The Morgan fingerprint density at radius 3 is 1.81 bits per heavy atom. The first-order valence-electron chi connectivity index (χ1n) is 5.07. The quantitative estimate of drug-likeness (QED) is 0.582. The number of rotatable bonds is 0. The molecule has 0 saturated carbocycles. The molecule has 0 fully saturated rings. The van der Waals surface area contributed by atoms with Crippen molar-refractivity contribution in [2.45, 2.75) is 0 Å². The second-order valence-corrected chi connectivity index (χ2v) is 4.08. The van der Waals surface area contributed by atoms with Gasteiger partial charge in [0.05, 0.1) is 0 Å². The average molecular weight is 273 g/mol. The van der Waals surface area contributed by atoms with Gasteiger partial charge in [0, 0.05) is 16.7 Å². The maximum atomic E-state index is 5.85. The van der Waals surface area contributed by atoms with Gasteiger partial charge in [0.1, 0.15) is 11.5 Å². The SMILES string of the molecule is BrC=C1c2ccccc2Oc2ccccc21. The number of halogens is 1. The van der Waals surface area contributed by atoms with Crippen molar-refractivity contribution in [2.24, 2.45) is 0 Å². The normalized spacial score (nSPS) is 12.4. The fourth-order valence-corrected chi connectivity index (χ4v) is 2.43. The summed E-state index contributed by atoms with van der Waals surface area (Å²) in [5.74, 6) is 1.82. The van der Waals surface area contributed by atoms with E-state index in [1.807, 2.05) is 41.4 Å². The number of hydrogen-bond donors (Lipinski definition) is 0. The van der Waals surface area contributed by atoms with Crippen molar-refractivity contribution in [3.05, 3.63) is 64.6 Å². The van der Waals surface area contributed by atoms with Crippen LogP contribution in [0.15, 0.2) is 53.5 Å². The Balaban J connectivity index is 2.28. The molecule has 0 aromatic heterocycles.